The van der Waals surface area contributed by atoms with Crippen LogP contribution in [0.15, 0.2) is 0 Å². The molecule has 6 nitrogen and oxygen atoms in total. The van der Waals surface area contributed by atoms with Crippen molar-refractivity contribution in [1.29, 1.82) is 0 Å². The summed E-state index contributed by atoms with van der Waals surface area (Å²) in [5.74, 6) is 0.763. The Balaban J connectivity index is 1.62. The number of nitrogens with zero attached hydrogens (tertiary/aromatic N) is 1. The number of carbonyl (C=O) groups is 3. The summed E-state index contributed by atoms with van der Waals surface area (Å²) >= 11 is 0. The van der Waals surface area contributed by atoms with E-state index in [0.29, 0.717) is 24.7 Å². The molecule has 0 aromatic heterocycles. The van der Waals surface area contributed by atoms with Gasteiger partial charge in [-0.05, 0) is 50.4 Å². The normalized spacial score (nSPS) is 22.9. The first-order valence-electron chi connectivity index (χ1n) is 9.44. The highest BCUT2D eigenvalue weighted by molar-refractivity contribution is 6.09. The number of hydrogen-bond donors (Lipinski definition) is 2. The van der Waals surface area contributed by atoms with Crippen LogP contribution in [0.1, 0.15) is 65.2 Å². The Hall–Kier alpha value is -1.59. The second-order valence-electron chi connectivity index (χ2n) is 7.67. The Kier molecular flexibility index (Phi) is 4.83. The Labute approximate surface area is 143 Å². The quantitative estimate of drug-likeness (QED) is 0.634. The molecule has 4 amide bonds. The van der Waals surface area contributed by atoms with Gasteiger partial charge in [0.15, 0.2) is 0 Å². The molecule has 0 atom stereocenters. The van der Waals surface area contributed by atoms with E-state index in [2.05, 4.69) is 10.6 Å². The van der Waals surface area contributed by atoms with Gasteiger partial charge in [0.2, 0.25) is 5.91 Å². The fourth-order valence-electron chi connectivity index (χ4n) is 4.04. The van der Waals surface area contributed by atoms with E-state index in [1.807, 2.05) is 13.8 Å². The number of urea groups is 1. The highest BCUT2D eigenvalue weighted by Crippen LogP contribution is 2.44. The number of imide groups is 1. The van der Waals surface area contributed by atoms with Crippen LogP contribution in [0.4, 0.5) is 4.79 Å². The van der Waals surface area contributed by atoms with Crippen molar-refractivity contribution in [3.8, 4) is 0 Å². The number of rotatable bonds is 9. The maximum Gasteiger partial charge on any atom is 0.325 e. The molecule has 2 N–H and O–H groups in total. The van der Waals surface area contributed by atoms with Gasteiger partial charge in [0.25, 0.3) is 5.91 Å². The fourth-order valence-corrected chi connectivity index (χ4v) is 4.04. The zero-order valence-corrected chi connectivity index (χ0v) is 14.8. The SMILES string of the molecule is CCCC1(CCC)NC(=O)N(CC(=O)NC(C2CC2)C2CC2)C1=O. The summed E-state index contributed by atoms with van der Waals surface area (Å²) < 4.78 is 0. The van der Waals surface area contributed by atoms with E-state index in [0.717, 1.165) is 17.7 Å². The minimum atomic E-state index is -0.812. The van der Waals surface area contributed by atoms with E-state index in [4.69, 9.17) is 0 Å². The van der Waals surface area contributed by atoms with Gasteiger partial charge in [0.1, 0.15) is 12.1 Å². The minimum absolute atomic E-state index is 0.157. The summed E-state index contributed by atoms with van der Waals surface area (Å²) in [6, 6.07) is -0.180. The van der Waals surface area contributed by atoms with Gasteiger partial charge in [-0.2, -0.15) is 0 Å². The Bertz CT molecular complexity index is 508. The van der Waals surface area contributed by atoms with E-state index in [1.54, 1.807) is 0 Å². The van der Waals surface area contributed by atoms with Crippen LogP contribution in [-0.4, -0.2) is 40.9 Å². The third kappa shape index (κ3) is 3.42. The van der Waals surface area contributed by atoms with E-state index in [1.165, 1.54) is 25.7 Å². The Morgan fingerprint density at radius 2 is 1.71 bits per heavy atom. The molecule has 3 fully saturated rings. The summed E-state index contributed by atoms with van der Waals surface area (Å²) in [5, 5.41) is 5.94. The second-order valence-corrected chi connectivity index (χ2v) is 7.67. The van der Waals surface area contributed by atoms with Crippen molar-refractivity contribution in [3.63, 3.8) is 0 Å². The van der Waals surface area contributed by atoms with E-state index in [9.17, 15) is 14.4 Å². The number of hydrogen-bond acceptors (Lipinski definition) is 3. The molecule has 6 heteroatoms. The lowest BCUT2D eigenvalue weighted by atomic mass is 9.88. The lowest BCUT2D eigenvalue weighted by Gasteiger charge is -2.26. The molecule has 134 valence electrons. The number of carbonyl (C=O) groups excluding carboxylic acids is 3. The Morgan fingerprint density at radius 3 is 2.17 bits per heavy atom. The van der Waals surface area contributed by atoms with Gasteiger partial charge in [-0.1, -0.05) is 26.7 Å². The first kappa shape index (κ1) is 17.2. The first-order valence-corrected chi connectivity index (χ1v) is 9.44. The maximum atomic E-state index is 12.8. The van der Waals surface area contributed by atoms with Crippen LogP contribution in [0.3, 0.4) is 0 Å². The average molecular weight is 335 g/mol. The van der Waals surface area contributed by atoms with Crippen molar-refractivity contribution >= 4 is 17.8 Å². The van der Waals surface area contributed by atoms with Crippen molar-refractivity contribution in [2.75, 3.05) is 6.54 Å². The van der Waals surface area contributed by atoms with Crippen molar-refractivity contribution in [2.45, 2.75) is 76.8 Å². The van der Waals surface area contributed by atoms with Crippen LogP contribution in [0, 0.1) is 11.8 Å². The molecular formula is C18H29N3O3. The van der Waals surface area contributed by atoms with Gasteiger partial charge in [0.05, 0.1) is 0 Å². The topological polar surface area (TPSA) is 78.5 Å². The summed E-state index contributed by atoms with van der Waals surface area (Å²) in [6.45, 7) is 3.85. The van der Waals surface area contributed by atoms with Crippen LogP contribution in [0.25, 0.3) is 0 Å². The molecule has 0 unspecified atom stereocenters. The monoisotopic (exact) mass is 335 g/mol. The highest BCUT2D eigenvalue weighted by atomic mass is 16.2. The van der Waals surface area contributed by atoms with Crippen LogP contribution in [0.2, 0.25) is 0 Å². The van der Waals surface area contributed by atoms with E-state index >= 15 is 0 Å². The lowest BCUT2D eigenvalue weighted by molar-refractivity contribution is -0.135. The van der Waals surface area contributed by atoms with Gasteiger partial charge in [-0.15, -0.1) is 0 Å². The van der Waals surface area contributed by atoms with Gasteiger partial charge >= 0.3 is 6.03 Å². The maximum absolute atomic E-state index is 12.8. The molecular weight excluding hydrogens is 306 g/mol. The molecule has 0 aromatic carbocycles. The molecule has 24 heavy (non-hydrogen) atoms. The highest BCUT2D eigenvalue weighted by Gasteiger charge is 2.50. The lowest BCUT2D eigenvalue weighted by Crippen LogP contribution is -2.48. The van der Waals surface area contributed by atoms with Crippen LogP contribution in [0.5, 0.6) is 0 Å². The summed E-state index contributed by atoms with van der Waals surface area (Å²) in [7, 11) is 0. The first-order chi connectivity index (χ1) is 11.5. The smallest absolute Gasteiger partial charge is 0.325 e. The van der Waals surface area contributed by atoms with E-state index < -0.39 is 11.6 Å². The van der Waals surface area contributed by atoms with Crippen molar-refractivity contribution in [3.05, 3.63) is 0 Å². The molecule has 2 saturated carbocycles. The van der Waals surface area contributed by atoms with Crippen LogP contribution < -0.4 is 10.6 Å². The van der Waals surface area contributed by atoms with Crippen molar-refractivity contribution in [2.24, 2.45) is 11.8 Å². The third-order valence-corrected chi connectivity index (χ3v) is 5.49. The largest absolute Gasteiger partial charge is 0.351 e. The molecule has 1 aliphatic heterocycles. The molecule has 3 rings (SSSR count). The average Bonchev–Trinajstić information content (AvgIpc) is 3.43. The third-order valence-electron chi connectivity index (χ3n) is 5.49. The fraction of sp³-hybridized carbons (Fsp3) is 0.833. The van der Waals surface area contributed by atoms with Crippen molar-refractivity contribution < 1.29 is 14.4 Å². The zero-order chi connectivity index (χ0) is 17.3. The molecule has 1 saturated heterocycles. The predicted molar refractivity (Wildman–Crippen MR) is 90.2 cm³/mol. The second kappa shape index (κ2) is 6.73. The molecule has 0 spiro atoms. The molecule has 0 aromatic rings. The van der Waals surface area contributed by atoms with Gasteiger partial charge in [-0.3, -0.25) is 14.5 Å². The molecule has 0 radical (unpaired) electrons. The van der Waals surface area contributed by atoms with Crippen molar-refractivity contribution in [1.82, 2.24) is 15.5 Å². The Morgan fingerprint density at radius 1 is 1.17 bits per heavy atom. The summed E-state index contributed by atoms with van der Waals surface area (Å²) in [4.78, 5) is 38.6. The number of amides is 4. The summed E-state index contributed by atoms with van der Waals surface area (Å²) in [5.41, 5.74) is -0.812. The number of nitrogens with one attached hydrogen (secondary N) is 2. The van der Waals surface area contributed by atoms with Crippen LogP contribution >= 0.6 is 0 Å². The van der Waals surface area contributed by atoms with E-state index in [-0.39, 0.29) is 24.4 Å². The molecule has 2 aliphatic carbocycles. The van der Waals surface area contributed by atoms with Crippen LogP contribution in [-0.2, 0) is 9.59 Å². The minimum Gasteiger partial charge on any atom is -0.351 e. The van der Waals surface area contributed by atoms with Gasteiger partial charge in [0, 0.05) is 6.04 Å². The van der Waals surface area contributed by atoms with Gasteiger partial charge < -0.3 is 10.6 Å². The molecule has 3 aliphatic rings. The molecule has 0 bridgehead atoms. The standard InChI is InChI=1S/C18H29N3O3/c1-3-9-18(10-4-2)16(23)21(17(24)20-18)11-14(22)19-15(12-5-6-12)13-7-8-13/h12-13,15H,3-11H2,1-2H3,(H,19,22)(H,20,24). The zero-order valence-electron chi connectivity index (χ0n) is 14.8. The van der Waals surface area contributed by atoms with Gasteiger partial charge in [-0.25, -0.2) is 4.79 Å². The predicted octanol–water partition coefficient (Wildman–Crippen LogP) is 2.18. The summed E-state index contributed by atoms with van der Waals surface area (Å²) in [6.07, 6.45) is 7.60. The molecule has 1 heterocycles.